The lowest BCUT2D eigenvalue weighted by Crippen LogP contribution is -2.38. The SMILES string of the molecule is COC(=O)CN(c1nc[nH]c(=O)c1N)C(C)C. The van der Waals surface area contributed by atoms with Crippen molar-refractivity contribution in [1.29, 1.82) is 0 Å². The number of carbonyl (C=O) groups is 1. The Hall–Kier alpha value is -2.05. The van der Waals surface area contributed by atoms with Gasteiger partial charge in [0.05, 0.1) is 13.4 Å². The Morgan fingerprint density at radius 1 is 1.65 bits per heavy atom. The molecule has 0 aliphatic rings. The zero-order chi connectivity index (χ0) is 13.0. The summed E-state index contributed by atoms with van der Waals surface area (Å²) in [6.45, 7) is 3.73. The third-order valence-corrected chi connectivity index (χ3v) is 2.29. The molecule has 0 saturated heterocycles. The van der Waals surface area contributed by atoms with E-state index >= 15 is 0 Å². The molecule has 0 saturated carbocycles. The van der Waals surface area contributed by atoms with Gasteiger partial charge in [0.2, 0.25) is 0 Å². The first-order chi connectivity index (χ1) is 7.97. The first-order valence-corrected chi connectivity index (χ1v) is 5.14. The number of aromatic nitrogens is 2. The van der Waals surface area contributed by atoms with Gasteiger partial charge in [0, 0.05) is 6.04 Å². The third-order valence-electron chi connectivity index (χ3n) is 2.29. The normalized spacial score (nSPS) is 10.4. The first-order valence-electron chi connectivity index (χ1n) is 5.14. The maximum Gasteiger partial charge on any atom is 0.325 e. The second kappa shape index (κ2) is 5.33. The molecule has 7 nitrogen and oxygen atoms in total. The predicted octanol–water partition coefficient (Wildman–Crippen LogP) is -0.260. The fourth-order valence-corrected chi connectivity index (χ4v) is 1.34. The maximum atomic E-state index is 11.4. The lowest BCUT2D eigenvalue weighted by Gasteiger charge is -2.26. The van der Waals surface area contributed by atoms with E-state index in [9.17, 15) is 9.59 Å². The molecule has 1 rings (SSSR count). The van der Waals surface area contributed by atoms with Crippen molar-refractivity contribution in [3.05, 3.63) is 16.7 Å². The van der Waals surface area contributed by atoms with Crippen LogP contribution in [-0.2, 0) is 9.53 Å². The van der Waals surface area contributed by atoms with Crippen molar-refractivity contribution < 1.29 is 9.53 Å². The van der Waals surface area contributed by atoms with Crippen molar-refractivity contribution in [3.8, 4) is 0 Å². The quantitative estimate of drug-likeness (QED) is 0.703. The second-order valence-corrected chi connectivity index (χ2v) is 3.77. The number of anilines is 2. The first kappa shape index (κ1) is 13.0. The van der Waals surface area contributed by atoms with Gasteiger partial charge >= 0.3 is 5.97 Å². The van der Waals surface area contributed by atoms with E-state index in [2.05, 4.69) is 14.7 Å². The summed E-state index contributed by atoms with van der Waals surface area (Å²) in [5, 5.41) is 0. The van der Waals surface area contributed by atoms with Crippen LogP contribution in [0.4, 0.5) is 11.5 Å². The van der Waals surface area contributed by atoms with Crippen LogP contribution >= 0.6 is 0 Å². The van der Waals surface area contributed by atoms with Gasteiger partial charge in [-0.3, -0.25) is 9.59 Å². The molecular formula is C10H16N4O3. The van der Waals surface area contributed by atoms with Crippen LogP contribution in [0.25, 0.3) is 0 Å². The highest BCUT2D eigenvalue weighted by molar-refractivity contribution is 5.77. The molecule has 17 heavy (non-hydrogen) atoms. The fraction of sp³-hybridized carbons (Fsp3) is 0.500. The topological polar surface area (TPSA) is 101 Å². The number of carbonyl (C=O) groups excluding carboxylic acids is 1. The molecule has 0 radical (unpaired) electrons. The maximum absolute atomic E-state index is 11.4. The van der Waals surface area contributed by atoms with Gasteiger partial charge in [-0.1, -0.05) is 0 Å². The molecule has 0 spiro atoms. The molecule has 0 amide bonds. The molecule has 0 fully saturated rings. The summed E-state index contributed by atoms with van der Waals surface area (Å²) in [6.07, 6.45) is 1.25. The highest BCUT2D eigenvalue weighted by Crippen LogP contribution is 2.17. The number of esters is 1. The monoisotopic (exact) mass is 240 g/mol. The summed E-state index contributed by atoms with van der Waals surface area (Å²) >= 11 is 0. The molecule has 1 heterocycles. The summed E-state index contributed by atoms with van der Waals surface area (Å²) in [7, 11) is 1.30. The van der Waals surface area contributed by atoms with E-state index < -0.39 is 11.5 Å². The van der Waals surface area contributed by atoms with Gasteiger partial charge in [0.15, 0.2) is 5.82 Å². The van der Waals surface area contributed by atoms with Gasteiger partial charge in [0.1, 0.15) is 12.2 Å². The average Bonchev–Trinajstić information content (AvgIpc) is 2.29. The van der Waals surface area contributed by atoms with Crippen molar-refractivity contribution in [3.63, 3.8) is 0 Å². The van der Waals surface area contributed by atoms with E-state index in [4.69, 9.17) is 5.73 Å². The van der Waals surface area contributed by atoms with Crippen LogP contribution in [0, 0.1) is 0 Å². The lowest BCUT2D eigenvalue weighted by molar-refractivity contribution is -0.139. The number of rotatable bonds is 4. The van der Waals surface area contributed by atoms with Crippen LogP contribution in [0.15, 0.2) is 11.1 Å². The molecule has 0 aliphatic heterocycles. The Morgan fingerprint density at radius 2 is 2.29 bits per heavy atom. The predicted molar refractivity (Wildman–Crippen MR) is 63.8 cm³/mol. The smallest absolute Gasteiger partial charge is 0.325 e. The minimum Gasteiger partial charge on any atom is -0.468 e. The molecule has 0 bridgehead atoms. The molecule has 7 heteroatoms. The van der Waals surface area contributed by atoms with E-state index in [-0.39, 0.29) is 24.1 Å². The Morgan fingerprint density at radius 3 is 2.82 bits per heavy atom. The summed E-state index contributed by atoms with van der Waals surface area (Å²) in [5.74, 6) is -0.130. The molecule has 94 valence electrons. The number of methoxy groups -OCH3 is 1. The lowest BCUT2D eigenvalue weighted by atomic mass is 10.3. The Balaban J connectivity index is 3.10. The zero-order valence-corrected chi connectivity index (χ0v) is 10.1. The number of hydrogen-bond donors (Lipinski definition) is 2. The van der Waals surface area contributed by atoms with Crippen LogP contribution in [0.2, 0.25) is 0 Å². The second-order valence-electron chi connectivity index (χ2n) is 3.77. The number of nitrogens with one attached hydrogen (secondary N) is 1. The van der Waals surface area contributed by atoms with E-state index in [1.807, 2.05) is 13.8 Å². The molecule has 1 aromatic rings. The van der Waals surface area contributed by atoms with Crippen LogP contribution < -0.4 is 16.2 Å². The molecule has 0 aromatic carbocycles. The van der Waals surface area contributed by atoms with E-state index in [0.29, 0.717) is 0 Å². The van der Waals surface area contributed by atoms with Crippen molar-refractivity contribution in [1.82, 2.24) is 9.97 Å². The van der Waals surface area contributed by atoms with E-state index in [0.717, 1.165) is 0 Å². The van der Waals surface area contributed by atoms with Gasteiger partial charge in [-0.15, -0.1) is 0 Å². The number of H-pyrrole nitrogens is 1. The average molecular weight is 240 g/mol. The number of nitrogen functional groups attached to an aromatic ring is 1. The number of nitrogens with zero attached hydrogens (tertiary/aromatic N) is 2. The van der Waals surface area contributed by atoms with Gasteiger partial charge in [-0.05, 0) is 13.8 Å². The van der Waals surface area contributed by atoms with Crippen LogP contribution in [0.3, 0.4) is 0 Å². The summed E-state index contributed by atoms with van der Waals surface area (Å²) in [4.78, 5) is 30.6. The number of hydrogen-bond acceptors (Lipinski definition) is 6. The molecule has 0 unspecified atom stereocenters. The Kier molecular flexibility index (Phi) is 4.08. The molecule has 3 N–H and O–H groups in total. The number of ether oxygens (including phenoxy) is 1. The van der Waals surface area contributed by atoms with Gasteiger partial charge in [0.25, 0.3) is 5.56 Å². The molecule has 1 aromatic heterocycles. The highest BCUT2D eigenvalue weighted by Gasteiger charge is 2.19. The standard InChI is InChI=1S/C10H16N4O3/c1-6(2)14(4-7(15)17-3)9-8(11)10(16)13-5-12-9/h5-6H,4,11H2,1-3H3,(H,12,13,16). The molecule has 0 aliphatic carbocycles. The Bertz CT molecular complexity index is 455. The Labute approximate surface area is 98.6 Å². The highest BCUT2D eigenvalue weighted by atomic mass is 16.5. The van der Waals surface area contributed by atoms with Crippen molar-refractivity contribution in [2.75, 3.05) is 24.3 Å². The van der Waals surface area contributed by atoms with Gasteiger partial charge in [-0.2, -0.15) is 0 Å². The molecule has 0 atom stereocenters. The number of nitrogens with two attached hydrogens (primary N) is 1. The van der Waals surface area contributed by atoms with Crippen LogP contribution in [-0.4, -0.2) is 35.6 Å². The fourth-order valence-electron chi connectivity index (χ4n) is 1.34. The number of aromatic amines is 1. The summed E-state index contributed by atoms with van der Waals surface area (Å²) in [6, 6.07) is -0.0364. The minimum absolute atomic E-state index is 0.00514. The van der Waals surface area contributed by atoms with Crippen LogP contribution in [0.5, 0.6) is 0 Å². The molecular weight excluding hydrogens is 224 g/mol. The minimum atomic E-state index is -0.425. The van der Waals surface area contributed by atoms with Crippen molar-refractivity contribution in [2.24, 2.45) is 0 Å². The third kappa shape index (κ3) is 2.96. The largest absolute Gasteiger partial charge is 0.468 e. The van der Waals surface area contributed by atoms with Crippen molar-refractivity contribution >= 4 is 17.5 Å². The van der Waals surface area contributed by atoms with E-state index in [1.54, 1.807) is 4.90 Å². The summed E-state index contributed by atoms with van der Waals surface area (Å²) in [5.41, 5.74) is 5.20. The van der Waals surface area contributed by atoms with Crippen LogP contribution in [0.1, 0.15) is 13.8 Å². The van der Waals surface area contributed by atoms with Gasteiger partial charge < -0.3 is 20.4 Å². The summed E-state index contributed by atoms with van der Waals surface area (Å²) < 4.78 is 4.59. The van der Waals surface area contributed by atoms with E-state index in [1.165, 1.54) is 13.4 Å². The van der Waals surface area contributed by atoms with Gasteiger partial charge in [-0.25, -0.2) is 4.98 Å². The van der Waals surface area contributed by atoms with Crippen molar-refractivity contribution in [2.45, 2.75) is 19.9 Å². The zero-order valence-electron chi connectivity index (χ0n) is 10.1.